The third-order valence-corrected chi connectivity index (χ3v) is 1.60. The van der Waals surface area contributed by atoms with Crippen LogP contribution in [0.1, 0.15) is 6.92 Å². The van der Waals surface area contributed by atoms with Gasteiger partial charge >= 0.3 is 5.97 Å². The predicted molar refractivity (Wildman–Crippen MR) is 54.5 cm³/mol. The number of esters is 1. The summed E-state index contributed by atoms with van der Waals surface area (Å²) >= 11 is 0. The van der Waals surface area contributed by atoms with Crippen molar-refractivity contribution in [3.63, 3.8) is 0 Å². The van der Waals surface area contributed by atoms with Crippen LogP contribution in [0, 0.1) is 0 Å². The second-order valence-corrected chi connectivity index (χ2v) is 2.97. The van der Waals surface area contributed by atoms with E-state index in [-0.39, 0.29) is 12.5 Å². The van der Waals surface area contributed by atoms with Crippen molar-refractivity contribution in [2.45, 2.75) is 6.92 Å². The van der Waals surface area contributed by atoms with Gasteiger partial charge in [-0.3, -0.25) is 0 Å². The summed E-state index contributed by atoms with van der Waals surface area (Å²) in [5, 5.41) is 8.99. The molecule has 0 aromatic heterocycles. The third-order valence-electron chi connectivity index (χ3n) is 1.60. The number of hydrogen-bond acceptors (Lipinski definition) is 4. The molecule has 80 valence electrons. The van der Waals surface area contributed by atoms with Gasteiger partial charge in [-0.1, -0.05) is 6.58 Å². The molecule has 0 aliphatic rings. The fourth-order valence-corrected chi connectivity index (χ4v) is 0.817. The summed E-state index contributed by atoms with van der Waals surface area (Å²) in [6.07, 6.45) is 0. The Bertz CT molecular complexity index is 353. The van der Waals surface area contributed by atoms with Crippen LogP contribution in [-0.4, -0.2) is 17.9 Å². The van der Waals surface area contributed by atoms with Gasteiger partial charge in [-0.15, -0.1) is 0 Å². The Hall–Kier alpha value is -1.97. The largest absolute Gasteiger partial charge is 0.508 e. The van der Waals surface area contributed by atoms with E-state index in [1.54, 1.807) is 19.1 Å². The number of hydrogen-bond donors (Lipinski definition) is 1. The summed E-state index contributed by atoms with van der Waals surface area (Å²) < 4.78 is 9.80. The Balaban J connectivity index is 2.35. The van der Waals surface area contributed by atoms with E-state index in [4.69, 9.17) is 14.6 Å². The van der Waals surface area contributed by atoms with Crippen LogP contribution in [0.2, 0.25) is 0 Å². The van der Waals surface area contributed by atoms with Crippen molar-refractivity contribution in [2.75, 3.05) is 6.79 Å². The number of rotatable bonds is 4. The molecule has 0 heterocycles. The van der Waals surface area contributed by atoms with Crippen LogP contribution in [0.3, 0.4) is 0 Å². The van der Waals surface area contributed by atoms with E-state index in [2.05, 4.69) is 6.58 Å². The van der Waals surface area contributed by atoms with Gasteiger partial charge in [-0.25, -0.2) is 4.79 Å². The lowest BCUT2D eigenvalue weighted by Crippen LogP contribution is -2.10. The smallest absolute Gasteiger partial charge is 0.335 e. The van der Waals surface area contributed by atoms with E-state index in [1.807, 2.05) is 0 Å². The average Bonchev–Trinajstić information content (AvgIpc) is 2.20. The molecule has 0 aliphatic heterocycles. The maximum absolute atomic E-state index is 10.9. The Kier molecular flexibility index (Phi) is 3.74. The summed E-state index contributed by atoms with van der Waals surface area (Å²) in [6.45, 7) is 4.82. The highest BCUT2D eigenvalue weighted by atomic mass is 16.7. The first kappa shape index (κ1) is 11.1. The van der Waals surface area contributed by atoms with Crippen molar-refractivity contribution in [3.8, 4) is 11.5 Å². The highest BCUT2D eigenvalue weighted by molar-refractivity contribution is 5.86. The highest BCUT2D eigenvalue weighted by Crippen LogP contribution is 2.15. The van der Waals surface area contributed by atoms with Crippen molar-refractivity contribution in [1.29, 1.82) is 0 Å². The topological polar surface area (TPSA) is 55.8 Å². The minimum absolute atomic E-state index is 0.154. The Labute approximate surface area is 87.7 Å². The van der Waals surface area contributed by atoms with Crippen LogP contribution in [0.4, 0.5) is 0 Å². The summed E-state index contributed by atoms with van der Waals surface area (Å²) in [5.41, 5.74) is 0.323. The standard InChI is InChI=1S/C11H12O4/c1-8(2)11(13)15-7-14-10-5-3-9(12)4-6-10/h3-6,12H,1,7H2,2H3. The number of aromatic hydroxyl groups is 1. The molecule has 0 fully saturated rings. The van der Waals surface area contributed by atoms with Gasteiger partial charge in [0, 0.05) is 5.57 Å². The molecular formula is C11H12O4. The molecule has 0 radical (unpaired) electrons. The van der Waals surface area contributed by atoms with Crippen LogP contribution >= 0.6 is 0 Å². The van der Waals surface area contributed by atoms with E-state index in [0.29, 0.717) is 11.3 Å². The molecule has 1 aromatic carbocycles. The number of benzene rings is 1. The monoisotopic (exact) mass is 208 g/mol. The molecule has 1 rings (SSSR count). The Morgan fingerprint density at radius 1 is 1.40 bits per heavy atom. The number of ether oxygens (including phenoxy) is 2. The maximum atomic E-state index is 10.9. The van der Waals surface area contributed by atoms with Gasteiger partial charge in [0.2, 0.25) is 6.79 Å². The predicted octanol–water partition coefficient (Wildman–Crippen LogP) is 1.85. The highest BCUT2D eigenvalue weighted by Gasteiger charge is 2.02. The zero-order chi connectivity index (χ0) is 11.3. The Morgan fingerprint density at radius 3 is 2.53 bits per heavy atom. The fraction of sp³-hybridized carbons (Fsp3) is 0.182. The van der Waals surface area contributed by atoms with Crippen LogP contribution in [0.5, 0.6) is 11.5 Å². The van der Waals surface area contributed by atoms with E-state index in [0.717, 1.165) is 0 Å². The molecule has 0 saturated heterocycles. The first-order valence-electron chi connectivity index (χ1n) is 4.34. The SMILES string of the molecule is C=C(C)C(=O)OCOc1ccc(O)cc1. The molecule has 0 aliphatic carbocycles. The van der Waals surface area contributed by atoms with Crippen molar-refractivity contribution >= 4 is 5.97 Å². The normalized spacial score (nSPS) is 9.40. The minimum Gasteiger partial charge on any atom is -0.508 e. The van der Waals surface area contributed by atoms with Gasteiger partial charge < -0.3 is 14.6 Å². The van der Waals surface area contributed by atoms with Crippen LogP contribution in [0.25, 0.3) is 0 Å². The molecule has 15 heavy (non-hydrogen) atoms. The minimum atomic E-state index is -0.492. The summed E-state index contributed by atoms with van der Waals surface area (Å²) in [4.78, 5) is 10.9. The van der Waals surface area contributed by atoms with Gasteiger partial charge in [0.25, 0.3) is 0 Å². The van der Waals surface area contributed by atoms with Gasteiger partial charge in [0.1, 0.15) is 11.5 Å². The summed E-state index contributed by atoms with van der Waals surface area (Å²) in [5.74, 6) is 0.178. The summed E-state index contributed by atoms with van der Waals surface area (Å²) in [7, 11) is 0. The quantitative estimate of drug-likeness (QED) is 0.466. The van der Waals surface area contributed by atoms with Gasteiger partial charge in [0.15, 0.2) is 0 Å². The van der Waals surface area contributed by atoms with Crippen molar-refractivity contribution < 1.29 is 19.4 Å². The molecule has 0 amide bonds. The van der Waals surface area contributed by atoms with E-state index >= 15 is 0 Å². The molecule has 4 heteroatoms. The van der Waals surface area contributed by atoms with Gasteiger partial charge in [-0.2, -0.15) is 0 Å². The van der Waals surface area contributed by atoms with Crippen molar-refractivity contribution in [2.24, 2.45) is 0 Å². The number of carbonyl (C=O) groups excluding carboxylic acids is 1. The van der Waals surface area contributed by atoms with Crippen LogP contribution in [-0.2, 0) is 9.53 Å². The van der Waals surface area contributed by atoms with Crippen LogP contribution in [0.15, 0.2) is 36.4 Å². The molecule has 0 saturated carbocycles. The lowest BCUT2D eigenvalue weighted by Gasteiger charge is -2.06. The third kappa shape index (κ3) is 3.72. The molecule has 1 aromatic rings. The molecule has 4 nitrogen and oxygen atoms in total. The molecule has 0 unspecified atom stereocenters. The number of carbonyl (C=O) groups is 1. The van der Waals surface area contributed by atoms with Crippen molar-refractivity contribution in [1.82, 2.24) is 0 Å². The fourth-order valence-electron chi connectivity index (χ4n) is 0.817. The first-order valence-corrected chi connectivity index (χ1v) is 4.34. The second kappa shape index (κ2) is 5.05. The van der Waals surface area contributed by atoms with Gasteiger partial charge in [-0.05, 0) is 31.2 Å². The zero-order valence-electron chi connectivity index (χ0n) is 8.40. The van der Waals surface area contributed by atoms with Gasteiger partial charge in [0.05, 0.1) is 0 Å². The number of phenols is 1. The first-order chi connectivity index (χ1) is 7.09. The molecule has 0 atom stereocenters. The Morgan fingerprint density at radius 2 is 2.00 bits per heavy atom. The molecule has 0 bridgehead atoms. The zero-order valence-corrected chi connectivity index (χ0v) is 8.40. The molecule has 0 spiro atoms. The van der Waals surface area contributed by atoms with Crippen LogP contribution < -0.4 is 4.74 Å². The number of phenolic OH excluding ortho intramolecular Hbond substituents is 1. The lowest BCUT2D eigenvalue weighted by atomic mass is 10.3. The molecule has 1 N–H and O–H groups in total. The summed E-state index contributed by atoms with van der Waals surface area (Å²) in [6, 6.07) is 6.11. The average molecular weight is 208 g/mol. The van der Waals surface area contributed by atoms with Crippen molar-refractivity contribution in [3.05, 3.63) is 36.4 Å². The van der Waals surface area contributed by atoms with E-state index in [9.17, 15) is 4.79 Å². The van der Waals surface area contributed by atoms with E-state index in [1.165, 1.54) is 12.1 Å². The van der Waals surface area contributed by atoms with E-state index < -0.39 is 5.97 Å². The lowest BCUT2D eigenvalue weighted by molar-refractivity contribution is -0.145. The molecular weight excluding hydrogens is 196 g/mol. The second-order valence-electron chi connectivity index (χ2n) is 2.97. The maximum Gasteiger partial charge on any atom is 0.335 e.